The summed E-state index contributed by atoms with van der Waals surface area (Å²) in [5.41, 5.74) is 6.22. The first kappa shape index (κ1) is 12.5. The first-order valence-electron chi connectivity index (χ1n) is 5.27. The average Bonchev–Trinajstić information content (AvgIpc) is 2.27. The second-order valence-electron chi connectivity index (χ2n) is 3.61. The van der Waals surface area contributed by atoms with Gasteiger partial charge in [0.2, 0.25) is 5.91 Å². The van der Waals surface area contributed by atoms with Crippen LogP contribution < -0.4 is 5.73 Å². The lowest BCUT2D eigenvalue weighted by molar-refractivity contribution is -0.121. The topological polar surface area (TPSA) is 52.3 Å². The molecule has 2 N–H and O–H groups in total. The summed E-state index contributed by atoms with van der Waals surface area (Å²) in [5, 5.41) is 0. The fraction of sp³-hybridized carbons (Fsp3) is 0.308. The lowest BCUT2D eigenvalue weighted by Gasteiger charge is -2.14. The molecular weight excluding hydrogens is 202 g/mol. The molecular formula is C13H17NO2. The van der Waals surface area contributed by atoms with Gasteiger partial charge in [0.25, 0.3) is 0 Å². The van der Waals surface area contributed by atoms with Gasteiger partial charge in [0.15, 0.2) is 0 Å². The summed E-state index contributed by atoms with van der Waals surface area (Å²) < 4.78 is 5.61. The molecule has 1 amide bonds. The van der Waals surface area contributed by atoms with E-state index in [1.54, 1.807) is 6.08 Å². The molecule has 0 saturated carbocycles. The number of benzene rings is 1. The standard InChI is InChI=1S/C13H17NO2/c1-2-6-12(9-13(14)15)16-10-11-7-4-3-5-8-11/h2-5,7-8,12H,1,6,9-10H2,(H2,14,15)/t12-/m0/s1. The van der Waals surface area contributed by atoms with Gasteiger partial charge in [-0.15, -0.1) is 6.58 Å². The third-order valence-corrected chi connectivity index (χ3v) is 2.19. The molecule has 0 fully saturated rings. The van der Waals surface area contributed by atoms with Crippen molar-refractivity contribution in [3.05, 3.63) is 48.6 Å². The molecule has 16 heavy (non-hydrogen) atoms. The quantitative estimate of drug-likeness (QED) is 0.713. The van der Waals surface area contributed by atoms with E-state index in [2.05, 4.69) is 6.58 Å². The Morgan fingerprint density at radius 1 is 1.44 bits per heavy atom. The lowest BCUT2D eigenvalue weighted by atomic mass is 10.1. The molecule has 0 aromatic heterocycles. The van der Waals surface area contributed by atoms with Crippen molar-refractivity contribution in [1.82, 2.24) is 0 Å². The second kappa shape index (κ2) is 6.80. The minimum atomic E-state index is -0.347. The smallest absolute Gasteiger partial charge is 0.220 e. The summed E-state index contributed by atoms with van der Waals surface area (Å²) in [7, 11) is 0. The van der Waals surface area contributed by atoms with Crippen molar-refractivity contribution in [1.29, 1.82) is 0 Å². The summed E-state index contributed by atoms with van der Waals surface area (Å²) in [6.07, 6.45) is 2.43. The highest BCUT2D eigenvalue weighted by atomic mass is 16.5. The number of carbonyl (C=O) groups is 1. The third-order valence-electron chi connectivity index (χ3n) is 2.19. The predicted molar refractivity (Wildman–Crippen MR) is 63.6 cm³/mol. The van der Waals surface area contributed by atoms with Crippen LogP contribution in [0.5, 0.6) is 0 Å². The fourth-order valence-corrected chi connectivity index (χ4v) is 1.41. The molecule has 0 heterocycles. The highest BCUT2D eigenvalue weighted by Gasteiger charge is 2.10. The Hall–Kier alpha value is -1.61. The number of ether oxygens (including phenoxy) is 1. The zero-order valence-corrected chi connectivity index (χ0v) is 9.26. The van der Waals surface area contributed by atoms with Crippen molar-refractivity contribution in [3.8, 4) is 0 Å². The van der Waals surface area contributed by atoms with Gasteiger partial charge >= 0.3 is 0 Å². The Labute approximate surface area is 95.9 Å². The van der Waals surface area contributed by atoms with Crippen LogP contribution in [0.15, 0.2) is 43.0 Å². The zero-order valence-electron chi connectivity index (χ0n) is 9.26. The number of hydrogen-bond acceptors (Lipinski definition) is 2. The second-order valence-corrected chi connectivity index (χ2v) is 3.61. The summed E-state index contributed by atoms with van der Waals surface area (Å²) in [5.74, 6) is -0.347. The van der Waals surface area contributed by atoms with E-state index in [4.69, 9.17) is 10.5 Å². The number of primary amides is 1. The van der Waals surface area contributed by atoms with Gasteiger partial charge in [0.1, 0.15) is 0 Å². The van der Waals surface area contributed by atoms with Crippen LogP contribution in [-0.4, -0.2) is 12.0 Å². The summed E-state index contributed by atoms with van der Waals surface area (Å²) in [6, 6.07) is 9.82. The molecule has 3 nitrogen and oxygen atoms in total. The van der Waals surface area contributed by atoms with Crippen molar-refractivity contribution in [2.75, 3.05) is 0 Å². The minimum Gasteiger partial charge on any atom is -0.373 e. The maximum absolute atomic E-state index is 10.8. The molecule has 0 aliphatic heterocycles. The first-order valence-corrected chi connectivity index (χ1v) is 5.27. The van der Waals surface area contributed by atoms with Gasteiger partial charge in [-0.3, -0.25) is 4.79 Å². The van der Waals surface area contributed by atoms with Gasteiger partial charge in [-0.2, -0.15) is 0 Å². The van der Waals surface area contributed by atoms with Crippen LogP contribution in [0.1, 0.15) is 18.4 Å². The molecule has 0 aliphatic carbocycles. The van der Waals surface area contributed by atoms with E-state index < -0.39 is 0 Å². The molecule has 0 saturated heterocycles. The highest BCUT2D eigenvalue weighted by molar-refractivity contribution is 5.74. The summed E-state index contributed by atoms with van der Waals surface area (Å²) >= 11 is 0. The van der Waals surface area contributed by atoms with Crippen molar-refractivity contribution in [2.24, 2.45) is 5.73 Å². The molecule has 0 unspecified atom stereocenters. The normalized spacial score (nSPS) is 12.0. The molecule has 0 spiro atoms. The van der Waals surface area contributed by atoms with E-state index in [1.807, 2.05) is 30.3 Å². The van der Waals surface area contributed by atoms with Gasteiger partial charge < -0.3 is 10.5 Å². The van der Waals surface area contributed by atoms with E-state index in [-0.39, 0.29) is 18.4 Å². The van der Waals surface area contributed by atoms with Crippen molar-refractivity contribution in [2.45, 2.75) is 25.6 Å². The van der Waals surface area contributed by atoms with Crippen LogP contribution in [0.2, 0.25) is 0 Å². The Morgan fingerprint density at radius 3 is 2.69 bits per heavy atom. The monoisotopic (exact) mass is 219 g/mol. The molecule has 3 heteroatoms. The number of rotatable bonds is 7. The SMILES string of the molecule is C=CC[C@@H](CC(N)=O)OCc1ccccc1. The molecule has 86 valence electrons. The van der Waals surface area contributed by atoms with Crippen molar-refractivity contribution >= 4 is 5.91 Å². The van der Waals surface area contributed by atoms with Crippen LogP contribution in [0.4, 0.5) is 0 Å². The number of amides is 1. The maximum atomic E-state index is 10.8. The van der Waals surface area contributed by atoms with Gasteiger partial charge in [-0.05, 0) is 12.0 Å². The van der Waals surface area contributed by atoms with Gasteiger partial charge in [0, 0.05) is 0 Å². The molecule has 1 aromatic carbocycles. The van der Waals surface area contributed by atoms with Crippen molar-refractivity contribution in [3.63, 3.8) is 0 Å². The van der Waals surface area contributed by atoms with E-state index in [1.165, 1.54) is 0 Å². The molecule has 1 rings (SSSR count). The Balaban J connectivity index is 2.43. The number of nitrogens with two attached hydrogens (primary N) is 1. The number of hydrogen-bond donors (Lipinski definition) is 1. The van der Waals surface area contributed by atoms with E-state index in [0.29, 0.717) is 13.0 Å². The van der Waals surface area contributed by atoms with E-state index in [0.717, 1.165) is 5.56 Å². The molecule has 1 atom stereocenters. The maximum Gasteiger partial charge on any atom is 0.220 e. The Bertz CT molecular complexity index is 335. The largest absolute Gasteiger partial charge is 0.373 e. The van der Waals surface area contributed by atoms with Crippen molar-refractivity contribution < 1.29 is 9.53 Å². The van der Waals surface area contributed by atoms with Gasteiger partial charge in [-0.1, -0.05) is 36.4 Å². The Morgan fingerprint density at radius 2 is 2.12 bits per heavy atom. The van der Waals surface area contributed by atoms with Crippen LogP contribution >= 0.6 is 0 Å². The molecule has 0 radical (unpaired) electrons. The van der Waals surface area contributed by atoms with Gasteiger partial charge in [-0.25, -0.2) is 0 Å². The summed E-state index contributed by atoms with van der Waals surface area (Å²) in [6.45, 7) is 4.12. The van der Waals surface area contributed by atoms with E-state index in [9.17, 15) is 4.79 Å². The molecule has 1 aromatic rings. The zero-order chi connectivity index (χ0) is 11.8. The first-order chi connectivity index (χ1) is 7.72. The minimum absolute atomic E-state index is 0.171. The van der Waals surface area contributed by atoms with Crippen LogP contribution in [-0.2, 0) is 16.1 Å². The number of carbonyl (C=O) groups excluding carboxylic acids is 1. The fourth-order valence-electron chi connectivity index (χ4n) is 1.41. The van der Waals surface area contributed by atoms with Crippen LogP contribution in [0.25, 0.3) is 0 Å². The molecule has 0 aliphatic rings. The summed E-state index contributed by atoms with van der Waals surface area (Å²) in [4.78, 5) is 10.8. The highest BCUT2D eigenvalue weighted by Crippen LogP contribution is 2.09. The van der Waals surface area contributed by atoms with Gasteiger partial charge in [0.05, 0.1) is 19.1 Å². The predicted octanol–water partition coefficient (Wildman–Crippen LogP) is 2.02. The average molecular weight is 219 g/mol. The van der Waals surface area contributed by atoms with Crippen LogP contribution in [0, 0.1) is 0 Å². The Kier molecular flexibility index (Phi) is 5.29. The third kappa shape index (κ3) is 4.75. The van der Waals surface area contributed by atoms with E-state index >= 15 is 0 Å². The lowest BCUT2D eigenvalue weighted by Crippen LogP contribution is -2.22. The molecule has 0 bridgehead atoms. The van der Waals surface area contributed by atoms with Crippen LogP contribution in [0.3, 0.4) is 0 Å².